The molecule has 0 bridgehead atoms. The second-order valence-corrected chi connectivity index (χ2v) is 9.03. The van der Waals surface area contributed by atoms with E-state index in [1.807, 2.05) is 24.3 Å². The lowest BCUT2D eigenvalue weighted by molar-refractivity contribution is -0.137. The van der Waals surface area contributed by atoms with Crippen molar-refractivity contribution in [3.8, 4) is 0 Å². The van der Waals surface area contributed by atoms with E-state index in [0.29, 0.717) is 24.4 Å². The van der Waals surface area contributed by atoms with Crippen molar-refractivity contribution in [2.24, 2.45) is 5.92 Å². The Morgan fingerprint density at radius 2 is 1.75 bits per heavy atom. The van der Waals surface area contributed by atoms with Crippen molar-refractivity contribution in [2.45, 2.75) is 38.3 Å². The number of benzene rings is 2. The van der Waals surface area contributed by atoms with Crippen molar-refractivity contribution in [3.63, 3.8) is 0 Å². The third-order valence-corrected chi connectivity index (χ3v) is 6.57. The van der Waals surface area contributed by atoms with Gasteiger partial charge < -0.3 is 10.2 Å². The van der Waals surface area contributed by atoms with Crippen molar-refractivity contribution in [1.82, 2.24) is 15.2 Å². The summed E-state index contributed by atoms with van der Waals surface area (Å²) in [6.07, 6.45) is 1.98. The van der Waals surface area contributed by atoms with Gasteiger partial charge in [0.05, 0.1) is 16.6 Å². The van der Waals surface area contributed by atoms with E-state index in [0.717, 1.165) is 67.9 Å². The maximum absolute atomic E-state index is 12.9. The van der Waals surface area contributed by atoms with Crippen LogP contribution in [0.3, 0.4) is 0 Å². The van der Waals surface area contributed by atoms with Crippen molar-refractivity contribution < 1.29 is 18.0 Å². The Morgan fingerprint density at radius 3 is 2.50 bits per heavy atom. The molecule has 0 saturated carbocycles. The zero-order valence-corrected chi connectivity index (χ0v) is 21.6. The molecule has 196 valence electrons. The molecular formula is C27H32Cl2F3N3O. The second kappa shape index (κ2) is 13.8. The molecule has 0 atom stereocenters. The maximum Gasteiger partial charge on any atom is 0.416 e. The predicted molar refractivity (Wildman–Crippen MR) is 142 cm³/mol. The van der Waals surface area contributed by atoms with Crippen LogP contribution in [0.5, 0.6) is 0 Å². The summed E-state index contributed by atoms with van der Waals surface area (Å²) in [5.41, 5.74) is 1.66. The Hall–Kier alpha value is -2.35. The van der Waals surface area contributed by atoms with Gasteiger partial charge in [-0.1, -0.05) is 36.4 Å². The highest BCUT2D eigenvalue weighted by Gasteiger charge is 2.30. The molecule has 1 aromatic heterocycles. The fourth-order valence-corrected chi connectivity index (χ4v) is 4.67. The average molecular weight is 542 g/mol. The summed E-state index contributed by atoms with van der Waals surface area (Å²) in [5.74, 6) is 0.350. The minimum atomic E-state index is -4.29. The van der Waals surface area contributed by atoms with Gasteiger partial charge in [0.15, 0.2) is 0 Å². The number of amides is 1. The number of aromatic nitrogens is 1. The SMILES string of the molecule is Cl.Cl.O=C(NCCCCN1CCC(Cc2cccc(C(F)(F)F)c2)CC1)c1ccnc2ccccc12. The van der Waals surface area contributed by atoms with Crippen LogP contribution in [0.2, 0.25) is 0 Å². The van der Waals surface area contributed by atoms with Gasteiger partial charge in [0.2, 0.25) is 0 Å². The summed E-state index contributed by atoms with van der Waals surface area (Å²) in [6.45, 7) is 3.55. The van der Waals surface area contributed by atoms with E-state index in [-0.39, 0.29) is 30.7 Å². The number of carbonyl (C=O) groups is 1. The second-order valence-electron chi connectivity index (χ2n) is 9.03. The molecule has 1 saturated heterocycles. The Morgan fingerprint density at radius 1 is 1.00 bits per heavy atom. The number of nitrogens with one attached hydrogen (secondary N) is 1. The van der Waals surface area contributed by atoms with Crippen LogP contribution in [0.4, 0.5) is 13.2 Å². The summed E-state index contributed by atoms with van der Waals surface area (Å²) >= 11 is 0. The van der Waals surface area contributed by atoms with Gasteiger partial charge in [-0.3, -0.25) is 9.78 Å². The molecule has 4 rings (SSSR count). The summed E-state index contributed by atoms with van der Waals surface area (Å²) in [7, 11) is 0. The number of para-hydroxylation sites is 1. The number of hydrogen-bond acceptors (Lipinski definition) is 3. The number of fused-ring (bicyclic) bond motifs is 1. The molecule has 1 aliphatic rings. The lowest BCUT2D eigenvalue weighted by atomic mass is 9.89. The predicted octanol–water partition coefficient (Wildman–Crippen LogP) is 6.56. The third kappa shape index (κ3) is 8.08. The van der Waals surface area contributed by atoms with Gasteiger partial charge in [0, 0.05) is 18.1 Å². The van der Waals surface area contributed by atoms with Crippen LogP contribution < -0.4 is 5.32 Å². The number of pyridine rings is 1. The fraction of sp³-hybridized carbons (Fsp3) is 0.407. The molecule has 1 aliphatic heterocycles. The van der Waals surface area contributed by atoms with Gasteiger partial charge in [-0.25, -0.2) is 0 Å². The monoisotopic (exact) mass is 541 g/mol. The average Bonchev–Trinajstić information content (AvgIpc) is 2.84. The molecule has 3 aromatic rings. The highest BCUT2D eigenvalue weighted by Crippen LogP contribution is 2.31. The molecule has 2 heterocycles. The van der Waals surface area contributed by atoms with Crippen LogP contribution in [0.25, 0.3) is 10.9 Å². The first-order chi connectivity index (χ1) is 16.4. The summed E-state index contributed by atoms with van der Waals surface area (Å²) in [5, 5.41) is 3.87. The Balaban J connectivity index is 0.00000228. The zero-order valence-electron chi connectivity index (χ0n) is 20.0. The van der Waals surface area contributed by atoms with Gasteiger partial charge in [0.25, 0.3) is 5.91 Å². The fourth-order valence-electron chi connectivity index (χ4n) is 4.67. The number of rotatable bonds is 8. The Labute approximate surface area is 222 Å². The molecule has 0 aliphatic carbocycles. The van der Waals surface area contributed by atoms with Crippen LogP contribution in [0.1, 0.15) is 47.2 Å². The van der Waals surface area contributed by atoms with Gasteiger partial charge >= 0.3 is 6.18 Å². The van der Waals surface area contributed by atoms with E-state index in [2.05, 4.69) is 15.2 Å². The molecule has 1 N–H and O–H groups in total. The standard InChI is InChI=1S/C27H30F3N3O.2ClH/c28-27(29,30)22-7-5-6-21(19-22)18-20-11-16-33(17-12-20)15-4-3-13-32-26(34)24-10-14-31-25-9-2-1-8-23(24)25;;/h1-2,5-10,14,19-20H,3-4,11-13,15-18H2,(H,32,34);2*1H. The lowest BCUT2D eigenvalue weighted by Crippen LogP contribution is -2.35. The maximum atomic E-state index is 12.9. The minimum Gasteiger partial charge on any atom is -0.352 e. The van der Waals surface area contributed by atoms with Crippen LogP contribution in [-0.2, 0) is 12.6 Å². The highest BCUT2D eigenvalue weighted by molar-refractivity contribution is 6.05. The van der Waals surface area contributed by atoms with E-state index in [1.54, 1.807) is 18.3 Å². The smallest absolute Gasteiger partial charge is 0.352 e. The number of carbonyl (C=O) groups excluding carboxylic acids is 1. The highest BCUT2D eigenvalue weighted by atomic mass is 35.5. The molecule has 2 aromatic carbocycles. The van der Waals surface area contributed by atoms with Crippen LogP contribution in [0.15, 0.2) is 60.8 Å². The Bertz CT molecular complexity index is 1110. The summed E-state index contributed by atoms with van der Waals surface area (Å²) < 4.78 is 38.8. The van der Waals surface area contributed by atoms with Gasteiger partial charge in [-0.15, -0.1) is 24.8 Å². The van der Waals surface area contributed by atoms with Gasteiger partial charge in [0.1, 0.15) is 0 Å². The summed E-state index contributed by atoms with van der Waals surface area (Å²) in [4.78, 5) is 19.3. The van der Waals surface area contributed by atoms with Gasteiger partial charge in [-0.2, -0.15) is 13.2 Å². The third-order valence-electron chi connectivity index (χ3n) is 6.57. The van der Waals surface area contributed by atoms with E-state index in [1.165, 1.54) is 12.1 Å². The first-order valence-corrected chi connectivity index (χ1v) is 11.9. The molecule has 0 unspecified atom stereocenters. The number of alkyl halides is 3. The minimum absolute atomic E-state index is 0. The number of nitrogens with zero attached hydrogens (tertiary/aromatic N) is 2. The van der Waals surface area contributed by atoms with E-state index < -0.39 is 11.7 Å². The van der Waals surface area contributed by atoms with E-state index in [4.69, 9.17) is 0 Å². The van der Waals surface area contributed by atoms with Crippen LogP contribution >= 0.6 is 24.8 Å². The van der Waals surface area contributed by atoms with Crippen molar-refractivity contribution in [3.05, 3.63) is 77.5 Å². The van der Waals surface area contributed by atoms with Crippen molar-refractivity contribution in [2.75, 3.05) is 26.2 Å². The largest absolute Gasteiger partial charge is 0.416 e. The topological polar surface area (TPSA) is 45.2 Å². The van der Waals surface area contributed by atoms with E-state index in [9.17, 15) is 18.0 Å². The summed E-state index contributed by atoms with van der Waals surface area (Å²) in [6, 6.07) is 15.1. The normalized spacial score (nSPS) is 14.6. The van der Waals surface area contributed by atoms with Gasteiger partial charge in [-0.05, 0) is 81.4 Å². The molecule has 4 nitrogen and oxygen atoms in total. The first-order valence-electron chi connectivity index (χ1n) is 11.9. The van der Waals surface area contributed by atoms with Crippen LogP contribution in [0, 0.1) is 5.92 Å². The molecule has 1 fully saturated rings. The number of likely N-dealkylation sites (tertiary alicyclic amines) is 1. The molecule has 36 heavy (non-hydrogen) atoms. The quantitative estimate of drug-likeness (QED) is 0.328. The zero-order chi connectivity index (χ0) is 24.0. The molecule has 0 radical (unpaired) electrons. The number of halogens is 5. The van der Waals surface area contributed by atoms with Crippen molar-refractivity contribution in [1.29, 1.82) is 0 Å². The molecular weight excluding hydrogens is 510 g/mol. The Kier molecular flexibility index (Phi) is 11.5. The number of piperidine rings is 1. The van der Waals surface area contributed by atoms with E-state index >= 15 is 0 Å². The van der Waals surface area contributed by atoms with Crippen LogP contribution in [-0.4, -0.2) is 42.0 Å². The lowest BCUT2D eigenvalue weighted by Gasteiger charge is -2.32. The molecule has 0 spiro atoms. The number of hydrogen-bond donors (Lipinski definition) is 1. The molecule has 1 amide bonds. The first kappa shape index (κ1) is 29.9. The molecule has 9 heteroatoms. The van der Waals surface area contributed by atoms with Crippen molar-refractivity contribution >= 4 is 41.6 Å². The number of unbranched alkanes of at least 4 members (excludes halogenated alkanes) is 1.